The maximum Gasteiger partial charge on any atom is 0.150 e. The molecule has 0 aromatic heterocycles. The van der Waals surface area contributed by atoms with Crippen molar-refractivity contribution in [1.29, 1.82) is 0 Å². The lowest BCUT2D eigenvalue weighted by atomic mass is 10.0. The Bertz CT molecular complexity index is 324. The molecule has 11 heavy (non-hydrogen) atoms. The molecule has 54 valence electrons. The van der Waals surface area contributed by atoms with E-state index in [0.717, 1.165) is 18.3 Å². The van der Waals surface area contributed by atoms with E-state index in [2.05, 4.69) is 12.2 Å². The SMILES string of the molecule is O=Cc1cccc2c1CC=C2. The molecule has 1 aromatic carbocycles. The molecule has 0 saturated heterocycles. The highest BCUT2D eigenvalue weighted by molar-refractivity contribution is 5.81. The van der Waals surface area contributed by atoms with Gasteiger partial charge < -0.3 is 0 Å². The third-order valence-electron chi connectivity index (χ3n) is 1.99. The van der Waals surface area contributed by atoms with Crippen LogP contribution in [0.15, 0.2) is 24.3 Å². The fraction of sp³-hybridized carbons (Fsp3) is 0.100. The lowest BCUT2D eigenvalue weighted by molar-refractivity contribution is 0.112. The second-order valence-corrected chi connectivity index (χ2v) is 2.64. The van der Waals surface area contributed by atoms with Crippen LogP contribution < -0.4 is 0 Å². The number of carbonyl (C=O) groups excluding carboxylic acids is 1. The van der Waals surface area contributed by atoms with Gasteiger partial charge in [0.25, 0.3) is 0 Å². The minimum absolute atomic E-state index is 0.826. The molecule has 0 unspecified atom stereocenters. The Balaban J connectivity index is 2.63. The highest BCUT2D eigenvalue weighted by Crippen LogP contribution is 2.21. The molecule has 0 heterocycles. The van der Waals surface area contributed by atoms with Crippen molar-refractivity contribution in [3.05, 3.63) is 41.0 Å². The summed E-state index contributed by atoms with van der Waals surface area (Å²) in [4.78, 5) is 10.5. The predicted octanol–water partition coefficient (Wildman–Crippen LogP) is 2.07. The van der Waals surface area contributed by atoms with E-state index >= 15 is 0 Å². The van der Waals surface area contributed by atoms with E-state index in [1.165, 1.54) is 11.1 Å². The number of rotatable bonds is 1. The van der Waals surface area contributed by atoms with Crippen molar-refractivity contribution in [2.24, 2.45) is 0 Å². The van der Waals surface area contributed by atoms with Crippen molar-refractivity contribution in [3.63, 3.8) is 0 Å². The van der Waals surface area contributed by atoms with Crippen LogP contribution in [0.5, 0.6) is 0 Å². The smallest absolute Gasteiger partial charge is 0.150 e. The molecular weight excluding hydrogens is 136 g/mol. The summed E-state index contributed by atoms with van der Waals surface area (Å²) in [5.74, 6) is 0. The normalized spacial score (nSPS) is 13.1. The van der Waals surface area contributed by atoms with Gasteiger partial charge in [0.05, 0.1) is 0 Å². The zero-order valence-corrected chi connectivity index (χ0v) is 6.08. The molecule has 0 saturated carbocycles. The Kier molecular flexibility index (Phi) is 1.35. The molecule has 0 aliphatic heterocycles. The lowest BCUT2D eigenvalue weighted by Crippen LogP contribution is -1.89. The van der Waals surface area contributed by atoms with Gasteiger partial charge in [0.15, 0.2) is 0 Å². The molecule has 0 atom stereocenters. The summed E-state index contributed by atoms with van der Waals surface area (Å²) >= 11 is 0. The van der Waals surface area contributed by atoms with Gasteiger partial charge in [-0.05, 0) is 17.5 Å². The molecule has 0 bridgehead atoms. The van der Waals surface area contributed by atoms with E-state index in [1.54, 1.807) is 0 Å². The quantitative estimate of drug-likeness (QED) is 0.551. The molecule has 2 rings (SSSR count). The Morgan fingerprint density at radius 2 is 2.27 bits per heavy atom. The highest BCUT2D eigenvalue weighted by atomic mass is 16.1. The number of allylic oxidation sites excluding steroid dienone is 1. The molecule has 1 aliphatic rings. The first-order valence-corrected chi connectivity index (χ1v) is 3.65. The van der Waals surface area contributed by atoms with Crippen LogP contribution in [-0.4, -0.2) is 6.29 Å². The van der Waals surface area contributed by atoms with Crippen LogP contribution in [-0.2, 0) is 6.42 Å². The highest BCUT2D eigenvalue weighted by Gasteiger charge is 2.07. The minimum atomic E-state index is 0.826. The van der Waals surface area contributed by atoms with Crippen molar-refractivity contribution in [1.82, 2.24) is 0 Å². The van der Waals surface area contributed by atoms with Gasteiger partial charge in [-0.3, -0.25) is 4.79 Å². The van der Waals surface area contributed by atoms with Crippen LogP contribution >= 0.6 is 0 Å². The molecule has 0 N–H and O–H groups in total. The van der Waals surface area contributed by atoms with Gasteiger partial charge >= 0.3 is 0 Å². The lowest BCUT2D eigenvalue weighted by Gasteiger charge is -1.99. The summed E-state index contributed by atoms with van der Waals surface area (Å²) in [6.45, 7) is 0. The molecule has 1 aromatic rings. The molecule has 1 heteroatoms. The minimum Gasteiger partial charge on any atom is -0.298 e. The van der Waals surface area contributed by atoms with Crippen LogP contribution in [0.2, 0.25) is 0 Å². The first-order chi connectivity index (χ1) is 5.42. The van der Waals surface area contributed by atoms with Gasteiger partial charge in [-0.25, -0.2) is 0 Å². The number of aldehydes is 1. The maximum absolute atomic E-state index is 10.5. The average Bonchev–Trinajstić information content (AvgIpc) is 2.50. The second kappa shape index (κ2) is 2.35. The average molecular weight is 144 g/mol. The first-order valence-electron chi connectivity index (χ1n) is 3.65. The van der Waals surface area contributed by atoms with Gasteiger partial charge in [-0.2, -0.15) is 0 Å². The van der Waals surface area contributed by atoms with Crippen molar-refractivity contribution in [3.8, 4) is 0 Å². The summed E-state index contributed by atoms with van der Waals surface area (Å²) in [5.41, 5.74) is 3.18. The topological polar surface area (TPSA) is 17.1 Å². The van der Waals surface area contributed by atoms with Crippen LogP contribution in [0.1, 0.15) is 21.5 Å². The second-order valence-electron chi connectivity index (χ2n) is 2.64. The molecular formula is C10H8O. The van der Waals surface area contributed by atoms with Crippen molar-refractivity contribution in [2.45, 2.75) is 6.42 Å². The summed E-state index contributed by atoms with van der Waals surface area (Å²) in [5, 5.41) is 0. The van der Waals surface area contributed by atoms with Crippen LogP contribution in [0, 0.1) is 0 Å². The largest absolute Gasteiger partial charge is 0.298 e. The van der Waals surface area contributed by atoms with E-state index in [1.807, 2.05) is 18.2 Å². The first kappa shape index (κ1) is 6.35. The van der Waals surface area contributed by atoms with E-state index in [4.69, 9.17) is 0 Å². The fourth-order valence-electron chi connectivity index (χ4n) is 1.43. The fourth-order valence-corrected chi connectivity index (χ4v) is 1.43. The Morgan fingerprint density at radius 1 is 1.36 bits per heavy atom. The molecule has 1 aliphatic carbocycles. The monoisotopic (exact) mass is 144 g/mol. The van der Waals surface area contributed by atoms with E-state index in [0.29, 0.717) is 0 Å². The van der Waals surface area contributed by atoms with E-state index in [9.17, 15) is 4.79 Å². The summed E-state index contributed by atoms with van der Waals surface area (Å²) < 4.78 is 0. The van der Waals surface area contributed by atoms with E-state index in [-0.39, 0.29) is 0 Å². The van der Waals surface area contributed by atoms with Gasteiger partial charge in [0.2, 0.25) is 0 Å². The summed E-state index contributed by atoms with van der Waals surface area (Å²) in [7, 11) is 0. The Hall–Kier alpha value is -1.37. The Morgan fingerprint density at radius 3 is 3.09 bits per heavy atom. The van der Waals surface area contributed by atoms with Crippen molar-refractivity contribution >= 4 is 12.4 Å². The van der Waals surface area contributed by atoms with Crippen molar-refractivity contribution in [2.75, 3.05) is 0 Å². The van der Waals surface area contributed by atoms with Crippen LogP contribution in [0.3, 0.4) is 0 Å². The number of hydrogen-bond acceptors (Lipinski definition) is 1. The molecule has 0 amide bonds. The maximum atomic E-state index is 10.5. The van der Waals surface area contributed by atoms with E-state index < -0.39 is 0 Å². The molecule has 0 radical (unpaired) electrons. The number of fused-ring (bicyclic) bond motifs is 1. The third kappa shape index (κ3) is 0.891. The predicted molar refractivity (Wildman–Crippen MR) is 44.6 cm³/mol. The number of carbonyl (C=O) groups is 1. The zero-order chi connectivity index (χ0) is 7.68. The zero-order valence-electron chi connectivity index (χ0n) is 6.08. The molecule has 0 spiro atoms. The Labute approximate surface area is 65.4 Å². The number of hydrogen-bond donors (Lipinski definition) is 0. The van der Waals surface area contributed by atoms with Crippen LogP contribution in [0.4, 0.5) is 0 Å². The standard InChI is InChI=1S/C10H8O/c11-7-9-5-1-3-8-4-2-6-10(8)9/h1-5,7H,6H2. The summed E-state index contributed by atoms with van der Waals surface area (Å²) in [6, 6.07) is 5.81. The van der Waals surface area contributed by atoms with Gasteiger partial charge in [0.1, 0.15) is 6.29 Å². The molecule has 0 fully saturated rings. The van der Waals surface area contributed by atoms with Gasteiger partial charge in [0, 0.05) is 5.56 Å². The third-order valence-corrected chi connectivity index (χ3v) is 1.99. The van der Waals surface area contributed by atoms with Crippen molar-refractivity contribution < 1.29 is 4.79 Å². The molecule has 1 nitrogen and oxygen atoms in total. The summed E-state index contributed by atoms with van der Waals surface area (Å²) in [6.07, 6.45) is 5.97. The van der Waals surface area contributed by atoms with Gasteiger partial charge in [-0.1, -0.05) is 30.4 Å². The number of benzene rings is 1. The van der Waals surface area contributed by atoms with Gasteiger partial charge in [-0.15, -0.1) is 0 Å². The van der Waals surface area contributed by atoms with Crippen LogP contribution in [0.25, 0.3) is 6.08 Å².